The van der Waals surface area contributed by atoms with Crippen LogP contribution in [0.15, 0.2) is 71.4 Å². The van der Waals surface area contributed by atoms with Gasteiger partial charge in [0.05, 0.1) is 39.7 Å². The van der Waals surface area contributed by atoms with Crippen molar-refractivity contribution in [2.45, 2.75) is 13.0 Å². The van der Waals surface area contributed by atoms with Crippen LogP contribution in [0.5, 0.6) is 11.5 Å². The van der Waals surface area contributed by atoms with Crippen molar-refractivity contribution >= 4 is 34.9 Å². The highest BCUT2D eigenvalue weighted by Crippen LogP contribution is 2.28. The number of carbonyl (C=O) groups is 2. The fourth-order valence-corrected chi connectivity index (χ4v) is 5.16. The molecule has 1 N–H and O–H groups in total. The first-order valence-corrected chi connectivity index (χ1v) is 13.6. The smallest absolute Gasteiger partial charge is 0.251 e. The van der Waals surface area contributed by atoms with Gasteiger partial charge in [-0.3, -0.25) is 14.5 Å². The number of fused-ring (bicyclic) bond motifs is 1. The van der Waals surface area contributed by atoms with E-state index in [0.29, 0.717) is 49.0 Å². The molecule has 10 heteroatoms. The normalized spacial score (nSPS) is 18.6. The highest BCUT2D eigenvalue weighted by Gasteiger charge is 2.35. The highest BCUT2D eigenvalue weighted by molar-refractivity contribution is 7.80. The molecule has 2 aromatic carbocycles. The Morgan fingerprint density at radius 1 is 1.05 bits per heavy atom. The fourth-order valence-electron chi connectivity index (χ4n) is 4.90. The van der Waals surface area contributed by atoms with Gasteiger partial charge in [-0.05, 0) is 72.3 Å². The van der Waals surface area contributed by atoms with E-state index in [4.69, 9.17) is 26.4 Å². The number of allylic oxidation sites excluding steroid dienone is 2. The van der Waals surface area contributed by atoms with Gasteiger partial charge in [0.1, 0.15) is 5.92 Å². The van der Waals surface area contributed by atoms with E-state index >= 15 is 0 Å². The summed E-state index contributed by atoms with van der Waals surface area (Å²) < 4.78 is 16.1. The third-order valence-electron chi connectivity index (χ3n) is 7.15. The summed E-state index contributed by atoms with van der Waals surface area (Å²) in [7, 11) is 3.19. The number of aliphatic imine (C=N–C) groups is 1. The lowest BCUT2D eigenvalue weighted by Crippen LogP contribution is -2.46. The molecule has 0 saturated carbocycles. The van der Waals surface area contributed by atoms with Crippen molar-refractivity contribution in [2.75, 3.05) is 47.1 Å². The van der Waals surface area contributed by atoms with Crippen LogP contribution in [0.2, 0.25) is 0 Å². The Morgan fingerprint density at radius 2 is 1.77 bits per heavy atom. The van der Waals surface area contributed by atoms with Crippen LogP contribution in [0.3, 0.4) is 0 Å². The van der Waals surface area contributed by atoms with Crippen molar-refractivity contribution in [2.24, 2.45) is 10.9 Å². The van der Waals surface area contributed by atoms with Crippen LogP contribution in [-0.4, -0.2) is 79.5 Å². The molecular weight excluding hydrogens is 528 g/mol. The number of nitrogens with one attached hydrogen (secondary N) is 1. The number of ether oxygens (including phenoxy) is 3. The maximum Gasteiger partial charge on any atom is 0.251 e. The third kappa shape index (κ3) is 6.08. The van der Waals surface area contributed by atoms with Gasteiger partial charge in [-0.1, -0.05) is 18.2 Å². The van der Waals surface area contributed by atoms with E-state index in [1.165, 1.54) is 4.90 Å². The fraction of sp³-hybridized carbons (Fsp3) is 0.333. The zero-order valence-corrected chi connectivity index (χ0v) is 23.4. The lowest BCUT2D eigenvalue weighted by molar-refractivity contribution is -0.129. The van der Waals surface area contributed by atoms with Gasteiger partial charge in [-0.25, -0.2) is 4.99 Å². The summed E-state index contributed by atoms with van der Waals surface area (Å²) in [5.41, 5.74) is 4.11. The summed E-state index contributed by atoms with van der Waals surface area (Å²) in [5, 5.41) is 3.20. The number of nitrogens with zero attached hydrogens (tertiary/aromatic N) is 3. The molecule has 0 radical (unpaired) electrons. The molecule has 1 unspecified atom stereocenters. The number of benzene rings is 2. The second kappa shape index (κ2) is 12.4. The molecule has 0 aromatic heterocycles. The Balaban J connectivity index is 1.18. The van der Waals surface area contributed by atoms with Crippen molar-refractivity contribution in [3.8, 4) is 11.5 Å². The first-order valence-electron chi connectivity index (χ1n) is 13.2. The number of rotatable bonds is 9. The first kappa shape index (κ1) is 27.5. The van der Waals surface area contributed by atoms with Crippen LogP contribution in [0.25, 0.3) is 0 Å². The zero-order valence-electron chi connectivity index (χ0n) is 22.6. The largest absolute Gasteiger partial charge is 0.493 e. The van der Waals surface area contributed by atoms with E-state index in [0.717, 1.165) is 29.9 Å². The first-order chi connectivity index (χ1) is 19.5. The van der Waals surface area contributed by atoms with Crippen molar-refractivity contribution in [1.82, 2.24) is 15.1 Å². The number of amides is 2. The van der Waals surface area contributed by atoms with Gasteiger partial charge in [-0.2, -0.15) is 0 Å². The van der Waals surface area contributed by atoms with Gasteiger partial charge < -0.3 is 24.4 Å². The maximum absolute atomic E-state index is 13.4. The summed E-state index contributed by atoms with van der Waals surface area (Å²) in [4.78, 5) is 34.4. The number of thiocarbonyl (C=S) groups is 1. The molecule has 2 amide bonds. The molecule has 9 nitrogen and oxygen atoms in total. The molecule has 1 atom stereocenters. The van der Waals surface area contributed by atoms with Crippen LogP contribution in [0.1, 0.15) is 21.5 Å². The SMILES string of the molecule is COc1ccc(CCNC(=O)c2ccc(CN3C(=O)C4C=C(N5CCOCC5)C=CC4=NC3=S)cc2)cc1OC. The van der Waals surface area contributed by atoms with Gasteiger partial charge in [0.2, 0.25) is 11.0 Å². The Kier molecular flexibility index (Phi) is 8.57. The highest BCUT2D eigenvalue weighted by atomic mass is 32.1. The predicted molar refractivity (Wildman–Crippen MR) is 156 cm³/mol. The minimum atomic E-state index is -0.467. The average Bonchev–Trinajstić information content (AvgIpc) is 2.99. The Morgan fingerprint density at radius 3 is 2.50 bits per heavy atom. The summed E-state index contributed by atoms with van der Waals surface area (Å²) in [6.07, 6.45) is 6.50. The number of methoxy groups -OCH3 is 2. The number of hydrogen-bond acceptors (Lipinski definition) is 7. The zero-order chi connectivity index (χ0) is 28.1. The molecular formula is C30H32N4O5S. The molecule has 1 fully saturated rings. The maximum atomic E-state index is 13.4. The lowest BCUT2D eigenvalue weighted by atomic mass is 9.93. The van der Waals surface area contributed by atoms with E-state index in [1.807, 2.05) is 48.6 Å². The van der Waals surface area contributed by atoms with Crippen LogP contribution >= 0.6 is 12.2 Å². The molecule has 0 spiro atoms. The monoisotopic (exact) mass is 560 g/mol. The second-order valence-corrected chi connectivity index (χ2v) is 10.0. The molecule has 1 saturated heterocycles. The molecule has 2 aliphatic heterocycles. The van der Waals surface area contributed by atoms with Crippen LogP contribution in [0.4, 0.5) is 0 Å². The standard InChI is InChI=1S/C30H32N4O5S/c1-37-26-10-5-20(17-27(26)38-2)11-12-31-28(35)22-6-3-21(4-7-22)19-34-29(36)24-18-23(33-13-15-39-16-14-33)8-9-25(24)32-30(34)40/h3-10,17-18,24H,11-16,19H2,1-2H3,(H,31,35). The lowest BCUT2D eigenvalue weighted by Gasteiger charge is -2.35. The van der Waals surface area contributed by atoms with Gasteiger partial charge >= 0.3 is 0 Å². The molecule has 40 heavy (non-hydrogen) atoms. The van der Waals surface area contributed by atoms with Crippen molar-refractivity contribution in [3.63, 3.8) is 0 Å². The van der Waals surface area contributed by atoms with Crippen molar-refractivity contribution < 1.29 is 23.8 Å². The van der Waals surface area contributed by atoms with Gasteiger partial charge in [0, 0.05) is 30.9 Å². The Hall–Kier alpha value is -4.02. The van der Waals surface area contributed by atoms with Crippen LogP contribution in [0, 0.1) is 5.92 Å². The van der Waals surface area contributed by atoms with Gasteiger partial charge in [-0.15, -0.1) is 0 Å². The molecule has 0 bridgehead atoms. The number of hydrogen-bond donors (Lipinski definition) is 1. The van der Waals surface area contributed by atoms with Gasteiger partial charge in [0.15, 0.2) is 11.5 Å². The van der Waals surface area contributed by atoms with Crippen molar-refractivity contribution in [3.05, 3.63) is 83.1 Å². The predicted octanol–water partition coefficient (Wildman–Crippen LogP) is 3.15. The summed E-state index contributed by atoms with van der Waals surface area (Å²) >= 11 is 5.47. The second-order valence-electron chi connectivity index (χ2n) is 9.64. The average molecular weight is 561 g/mol. The summed E-state index contributed by atoms with van der Waals surface area (Å²) in [5.74, 6) is 0.594. The quantitative estimate of drug-likeness (QED) is 0.471. The van der Waals surface area contributed by atoms with E-state index in [2.05, 4.69) is 15.2 Å². The van der Waals surface area contributed by atoms with Crippen molar-refractivity contribution in [1.29, 1.82) is 0 Å². The van der Waals surface area contributed by atoms with E-state index < -0.39 is 5.92 Å². The van der Waals surface area contributed by atoms with E-state index in [9.17, 15) is 9.59 Å². The summed E-state index contributed by atoms with van der Waals surface area (Å²) in [6.45, 7) is 3.70. The molecule has 5 rings (SSSR count). The molecule has 2 aromatic rings. The molecule has 1 aliphatic carbocycles. The van der Waals surface area contributed by atoms with E-state index in [1.54, 1.807) is 26.4 Å². The molecule has 2 heterocycles. The molecule has 208 valence electrons. The third-order valence-corrected chi connectivity index (χ3v) is 7.46. The minimum absolute atomic E-state index is 0.0953. The van der Waals surface area contributed by atoms with Crippen LogP contribution < -0.4 is 14.8 Å². The van der Waals surface area contributed by atoms with Crippen LogP contribution in [-0.2, 0) is 22.5 Å². The Labute approximate surface area is 239 Å². The van der Waals surface area contributed by atoms with E-state index in [-0.39, 0.29) is 23.5 Å². The minimum Gasteiger partial charge on any atom is -0.493 e. The molecule has 3 aliphatic rings. The summed E-state index contributed by atoms with van der Waals surface area (Å²) in [6, 6.07) is 12.9. The topological polar surface area (TPSA) is 92.7 Å². The number of morpholine rings is 1. The number of carbonyl (C=O) groups excluding carboxylic acids is 2. The van der Waals surface area contributed by atoms with Gasteiger partial charge in [0.25, 0.3) is 5.91 Å². The Bertz CT molecular complexity index is 1380.